The summed E-state index contributed by atoms with van der Waals surface area (Å²) in [6.07, 6.45) is 6.59. The lowest BCUT2D eigenvalue weighted by Gasteiger charge is -2.35. The first-order valence-corrected chi connectivity index (χ1v) is 9.16. The SMILES string of the molecule is CC1=C(CC2CO2)C(C)(C)CC(c2ccc(CC3CO3)c(C)c2)=C1. The molecule has 2 atom stereocenters. The molecular formula is C22H28O2. The summed E-state index contributed by atoms with van der Waals surface area (Å²) in [6.45, 7) is 11.1. The van der Waals surface area contributed by atoms with E-state index in [1.54, 1.807) is 5.57 Å². The molecule has 128 valence electrons. The Hall–Kier alpha value is -1.38. The fourth-order valence-electron chi connectivity index (χ4n) is 4.11. The number of allylic oxidation sites excluding steroid dienone is 3. The highest BCUT2D eigenvalue weighted by atomic mass is 16.6. The highest BCUT2D eigenvalue weighted by Crippen LogP contribution is 2.46. The molecule has 24 heavy (non-hydrogen) atoms. The molecule has 2 aliphatic heterocycles. The zero-order chi connectivity index (χ0) is 16.9. The van der Waals surface area contributed by atoms with E-state index in [0.717, 1.165) is 32.5 Å². The van der Waals surface area contributed by atoms with E-state index in [9.17, 15) is 0 Å². The second-order valence-corrected chi connectivity index (χ2v) is 8.35. The van der Waals surface area contributed by atoms with E-state index in [1.807, 2.05) is 0 Å². The van der Waals surface area contributed by atoms with Crippen LogP contribution >= 0.6 is 0 Å². The zero-order valence-electron chi connectivity index (χ0n) is 15.3. The van der Waals surface area contributed by atoms with Crippen LogP contribution in [0.15, 0.2) is 35.4 Å². The Morgan fingerprint density at radius 3 is 2.29 bits per heavy atom. The number of ether oxygens (including phenoxy) is 2. The first kappa shape index (κ1) is 16.1. The summed E-state index contributed by atoms with van der Waals surface area (Å²) in [5.41, 5.74) is 8.89. The fraction of sp³-hybridized carbons (Fsp3) is 0.545. The van der Waals surface area contributed by atoms with Crippen molar-refractivity contribution in [2.24, 2.45) is 5.41 Å². The monoisotopic (exact) mass is 324 g/mol. The Morgan fingerprint density at radius 1 is 1.04 bits per heavy atom. The molecule has 2 heterocycles. The van der Waals surface area contributed by atoms with Gasteiger partial charge in [-0.05, 0) is 54.4 Å². The molecule has 0 aromatic heterocycles. The summed E-state index contributed by atoms with van der Waals surface area (Å²) in [7, 11) is 0. The Kier molecular flexibility index (Phi) is 3.93. The Morgan fingerprint density at radius 2 is 1.71 bits per heavy atom. The molecule has 0 saturated carbocycles. The minimum absolute atomic E-state index is 0.217. The second-order valence-electron chi connectivity index (χ2n) is 8.35. The van der Waals surface area contributed by atoms with Crippen LogP contribution in [0.3, 0.4) is 0 Å². The number of aryl methyl sites for hydroxylation is 1. The van der Waals surface area contributed by atoms with Crippen LogP contribution in [-0.2, 0) is 15.9 Å². The van der Waals surface area contributed by atoms with Crippen molar-refractivity contribution >= 4 is 5.57 Å². The van der Waals surface area contributed by atoms with E-state index >= 15 is 0 Å². The standard InChI is InChI=1S/C22H28O2/c1-14-7-17(6-5-16(14)9-19-12-23-19)18-8-15(2)21(10-20-13-24-20)22(3,4)11-18/h5-8,19-20H,9-13H2,1-4H3. The Bertz CT molecular complexity index is 715. The normalized spacial score (nSPS) is 27.9. The third-order valence-corrected chi connectivity index (χ3v) is 5.71. The van der Waals surface area contributed by atoms with Gasteiger partial charge < -0.3 is 9.47 Å². The van der Waals surface area contributed by atoms with Gasteiger partial charge in [-0.1, -0.05) is 49.3 Å². The maximum Gasteiger partial charge on any atom is 0.0850 e. The van der Waals surface area contributed by atoms with Crippen LogP contribution < -0.4 is 0 Å². The summed E-state index contributed by atoms with van der Waals surface area (Å²) < 4.78 is 10.8. The van der Waals surface area contributed by atoms with Crippen molar-refractivity contribution in [2.45, 2.75) is 59.2 Å². The van der Waals surface area contributed by atoms with Gasteiger partial charge in [0.25, 0.3) is 0 Å². The molecule has 3 aliphatic rings. The van der Waals surface area contributed by atoms with Crippen molar-refractivity contribution in [1.82, 2.24) is 0 Å². The lowest BCUT2D eigenvalue weighted by atomic mass is 9.70. The first-order valence-electron chi connectivity index (χ1n) is 9.16. The van der Waals surface area contributed by atoms with Crippen molar-refractivity contribution in [3.8, 4) is 0 Å². The highest BCUT2D eigenvalue weighted by molar-refractivity contribution is 5.72. The molecule has 0 N–H and O–H groups in total. The highest BCUT2D eigenvalue weighted by Gasteiger charge is 2.34. The molecule has 2 saturated heterocycles. The molecule has 0 bridgehead atoms. The maximum atomic E-state index is 5.46. The largest absolute Gasteiger partial charge is 0.373 e. The number of hydrogen-bond donors (Lipinski definition) is 0. The van der Waals surface area contributed by atoms with Crippen LogP contribution in [0.25, 0.3) is 5.57 Å². The van der Waals surface area contributed by atoms with Crippen LogP contribution in [0.1, 0.15) is 50.3 Å². The molecule has 1 aromatic carbocycles. The topological polar surface area (TPSA) is 25.1 Å². The van der Waals surface area contributed by atoms with Gasteiger partial charge in [0.05, 0.1) is 25.4 Å². The smallest absolute Gasteiger partial charge is 0.0850 e. The van der Waals surface area contributed by atoms with Crippen molar-refractivity contribution in [3.05, 3.63) is 52.1 Å². The van der Waals surface area contributed by atoms with Gasteiger partial charge in [-0.15, -0.1) is 0 Å². The maximum absolute atomic E-state index is 5.46. The molecule has 1 aliphatic carbocycles. The molecule has 1 aromatic rings. The van der Waals surface area contributed by atoms with Crippen molar-refractivity contribution < 1.29 is 9.47 Å². The molecule has 0 radical (unpaired) electrons. The molecule has 2 unspecified atom stereocenters. The van der Waals surface area contributed by atoms with Crippen LogP contribution in [-0.4, -0.2) is 25.4 Å². The van der Waals surface area contributed by atoms with E-state index in [0.29, 0.717) is 12.2 Å². The second kappa shape index (κ2) is 5.86. The summed E-state index contributed by atoms with van der Waals surface area (Å²) in [5, 5.41) is 0. The third kappa shape index (κ3) is 3.36. The average Bonchev–Trinajstić information content (AvgIpc) is 3.40. The van der Waals surface area contributed by atoms with Gasteiger partial charge >= 0.3 is 0 Å². The minimum atomic E-state index is 0.217. The van der Waals surface area contributed by atoms with Gasteiger partial charge in [0.2, 0.25) is 0 Å². The van der Waals surface area contributed by atoms with Gasteiger partial charge in [-0.25, -0.2) is 0 Å². The van der Waals surface area contributed by atoms with Gasteiger partial charge in [-0.2, -0.15) is 0 Å². The number of rotatable bonds is 5. The lowest BCUT2D eigenvalue weighted by Crippen LogP contribution is -2.21. The predicted molar refractivity (Wildman–Crippen MR) is 98.1 cm³/mol. The molecule has 2 nitrogen and oxygen atoms in total. The van der Waals surface area contributed by atoms with E-state index in [1.165, 1.54) is 27.8 Å². The molecule has 0 amide bonds. The Balaban J connectivity index is 1.61. The summed E-state index contributed by atoms with van der Waals surface area (Å²) in [4.78, 5) is 0. The minimum Gasteiger partial charge on any atom is -0.373 e. The van der Waals surface area contributed by atoms with Gasteiger partial charge in [0.1, 0.15) is 0 Å². The van der Waals surface area contributed by atoms with Crippen molar-refractivity contribution in [3.63, 3.8) is 0 Å². The van der Waals surface area contributed by atoms with E-state index in [2.05, 4.69) is 52.0 Å². The Labute approximate surface area is 145 Å². The lowest BCUT2D eigenvalue weighted by molar-refractivity contribution is 0.373. The quantitative estimate of drug-likeness (QED) is 0.723. The van der Waals surface area contributed by atoms with Crippen LogP contribution in [0.5, 0.6) is 0 Å². The van der Waals surface area contributed by atoms with Gasteiger partial charge in [-0.3, -0.25) is 0 Å². The summed E-state index contributed by atoms with van der Waals surface area (Å²) in [5.74, 6) is 0. The number of epoxide rings is 2. The van der Waals surface area contributed by atoms with Crippen LogP contribution in [0, 0.1) is 12.3 Å². The number of benzene rings is 1. The predicted octanol–water partition coefficient (Wildman–Crippen LogP) is 4.86. The van der Waals surface area contributed by atoms with Crippen LogP contribution in [0.2, 0.25) is 0 Å². The first-order chi connectivity index (χ1) is 11.4. The van der Waals surface area contributed by atoms with E-state index in [-0.39, 0.29) is 5.41 Å². The van der Waals surface area contributed by atoms with Crippen molar-refractivity contribution in [2.75, 3.05) is 13.2 Å². The van der Waals surface area contributed by atoms with Crippen molar-refractivity contribution in [1.29, 1.82) is 0 Å². The summed E-state index contributed by atoms with van der Waals surface area (Å²) >= 11 is 0. The fourth-order valence-corrected chi connectivity index (χ4v) is 4.11. The summed E-state index contributed by atoms with van der Waals surface area (Å²) in [6, 6.07) is 6.96. The third-order valence-electron chi connectivity index (χ3n) is 5.71. The average molecular weight is 324 g/mol. The van der Waals surface area contributed by atoms with Crippen LogP contribution in [0.4, 0.5) is 0 Å². The zero-order valence-corrected chi connectivity index (χ0v) is 15.3. The number of hydrogen-bond acceptors (Lipinski definition) is 2. The van der Waals surface area contributed by atoms with Gasteiger partial charge in [0.15, 0.2) is 0 Å². The molecule has 4 rings (SSSR count). The molecular weight excluding hydrogens is 296 g/mol. The molecule has 2 heteroatoms. The van der Waals surface area contributed by atoms with E-state index in [4.69, 9.17) is 9.47 Å². The molecule has 2 fully saturated rings. The molecule has 0 spiro atoms. The van der Waals surface area contributed by atoms with Gasteiger partial charge in [0, 0.05) is 6.42 Å². The van der Waals surface area contributed by atoms with E-state index < -0.39 is 0 Å².